The highest BCUT2D eigenvalue weighted by molar-refractivity contribution is 9.11. The molecule has 44 heavy (non-hydrogen) atoms. The number of aromatic hydroxyl groups is 2. The quantitative estimate of drug-likeness (QED) is 0.176. The van der Waals surface area contributed by atoms with Crippen molar-refractivity contribution in [3.05, 3.63) is 20.1 Å². The Labute approximate surface area is 290 Å². The van der Waals surface area contributed by atoms with E-state index in [-0.39, 0.29) is 11.5 Å². The minimum absolute atomic E-state index is 0.119. The number of benzene rings is 2. The summed E-state index contributed by atoms with van der Waals surface area (Å²) in [5, 5.41) is 27.5. The van der Waals surface area contributed by atoms with Gasteiger partial charge < -0.3 is 19.1 Å². The first-order valence-electron chi connectivity index (χ1n) is 16.9. The van der Waals surface area contributed by atoms with Gasteiger partial charge in [-0.3, -0.25) is 0 Å². The molecule has 2 N–H and O–H groups in total. The molecule has 0 aliphatic heterocycles. The molecule has 0 aliphatic rings. The summed E-state index contributed by atoms with van der Waals surface area (Å²) in [5.74, 6) is 1.45. The van der Waals surface area contributed by atoms with E-state index < -0.39 is 32.8 Å². The summed E-state index contributed by atoms with van der Waals surface area (Å²) in [6, 6.07) is 6.56. The van der Waals surface area contributed by atoms with Gasteiger partial charge in [-0.05, 0) is 73.6 Å². The highest BCUT2D eigenvalue weighted by Crippen LogP contribution is 2.54. The second-order valence-electron chi connectivity index (χ2n) is 14.3. The normalized spacial score (nSPS) is 13.0. The molecule has 2 aromatic carbocycles. The number of hydrogen-bond acceptors (Lipinski definition) is 4. The summed E-state index contributed by atoms with van der Waals surface area (Å²) in [6.07, 6.45) is 1.54. The second kappa shape index (κ2) is 15.1. The van der Waals surface area contributed by atoms with Crippen LogP contribution in [0.4, 0.5) is 0 Å². The summed E-state index contributed by atoms with van der Waals surface area (Å²) in [6.45, 7) is 31.3. The van der Waals surface area contributed by atoms with Gasteiger partial charge in [-0.25, -0.2) is 0 Å². The third-order valence-electron chi connectivity index (χ3n) is 9.83. The number of phenols is 2. The van der Waals surface area contributed by atoms with E-state index in [1.54, 1.807) is 0 Å². The Balaban J connectivity index is 3.48. The lowest BCUT2D eigenvalue weighted by Gasteiger charge is -2.37. The number of halogens is 2. The first-order valence-corrected chi connectivity index (χ1v) is 30.5. The van der Waals surface area contributed by atoms with E-state index >= 15 is 0 Å². The second-order valence-corrected chi connectivity index (χ2v) is 35.1. The van der Waals surface area contributed by atoms with Gasteiger partial charge in [-0.1, -0.05) is 124 Å². The Morgan fingerprint density at radius 2 is 0.750 bits per heavy atom. The lowest BCUT2D eigenvalue weighted by molar-refractivity contribution is 0.428. The van der Waals surface area contributed by atoms with Gasteiger partial charge in [-0.15, -0.1) is 0 Å². The molecule has 2 aromatic rings. The average molecular weight is 805 g/mol. The molecule has 0 aliphatic carbocycles. The molecule has 0 unspecified atom stereocenters. The number of hydrogen-bond donors (Lipinski definition) is 2. The van der Waals surface area contributed by atoms with Gasteiger partial charge in [0, 0.05) is 20.1 Å². The Morgan fingerprint density at radius 1 is 0.500 bits per heavy atom. The zero-order valence-electron chi connectivity index (χ0n) is 30.1. The fourth-order valence-corrected chi connectivity index (χ4v) is 20.7. The van der Waals surface area contributed by atoms with Gasteiger partial charge in [-0.2, -0.15) is 0 Å². The third-order valence-corrected chi connectivity index (χ3v) is 25.1. The maximum Gasteiger partial charge on any atom is 0.242 e. The van der Waals surface area contributed by atoms with E-state index in [9.17, 15) is 10.2 Å². The van der Waals surface area contributed by atoms with Gasteiger partial charge in [0.25, 0.3) is 0 Å². The molecule has 0 saturated heterocycles. The first kappa shape index (κ1) is 39.6. The average Bonchev–Trinajstić information content (AvgIpc) is 2.95. The number of phenolic OH excluding ortho intramolecular Hbond substituents is 2. The zero-order chi connectivity index (χ0) is 34.0. The van der Waals surface area contributed by atoms with Crippen molar-refractivity contribution in [3.8, 4) is 34.1 Å². The molecule has 0 bridgehead atoms. The van der Waals surface area contributed by atoms with Crippen molar-refractivity contribution in [2.45, 2.75) is 144 Å². The zero-order valence-corrected chi connectivity index (χ0v) is 37.3. The van der Waals surface area contributed by atoms with E-state index in [0.717, 1.165) is 69.2 Å². The van der Waals surface area contributed by atoms with Gasteiger partial charge >= 0.3 is 0 Å². The van der Waals surface area contributed by atoms with Crippen molar-refractivity contribution < 1.29 is 19.1 Å². The van der Waals surface area contributed by atoms with Crippen molar-refractivity contribution >= 4 is 75.0 Å². The molecule has 10 heteroatoms. The summed E-state index contributed by atoms with van der Waals surface area (Å²) >= 11 is 8.25. The van der Waals surface area contributed by atoms with Crippen LogP contribution in [0.25, 0.3) is 11.1 Å². The van der Waals surface area contributed by atoms with Crippen molar-refractivity contribution in [2.75, 3.05) is 0 Å². The van der Waals surface area contributed by atoms with Gasteiger partial charge in [0.15, 0.2) is 11.5 Å². The largest absolute Gasteiger partial charge is 0.542 e. The molecule has 0 saturated carbocycles. The van der Waals surface area contributed by atoms with Crippen LogP contribution in [0.3, 0.4) is 0 Å². The minimum atomic E-state index is -2.12. The van der Waals surface area contributed by atoms with Crippen molar-refractivity contribution in [2.24, 2.45) is 0 Å². The SMILES string of the molecule is CCc1c(O[Si](C)(C)C)c(O)c(-c2c(O)c(O[Si](C)(C)C)c(CC)c([Si](CC)(CC)CC)c2Br)c(Br)c1[Si](CC)(CC)CC. The fourth-order valence-electron chi connectivity index (χ4n) is 7.09. The monoisotopic (exact) mass is 802 g/mol. The summed E-state index contributed by atoms with van der Waals surface area (Å²) in [4.78, 5) is 0. The molecule has 0 fully saturated rings. The lowest BCUT2D eigenvalue weighted by atomic mass is 9.97. The van der Waals surface area contributed by atoms with Crippen LogP contribution in [0.1, 0.15) is 66.5 Å². The Hall–Kier alpha value is -0.532. The van der Waals surface area contributed by atoms with E-state index in [1.165, 1.54) is 10.4 Å². The van der Waals surface area contributed by atoms with Crippen LogP contribution < -0.4 is 19.2 Å². The maximum atomic E-state index is 12.4. The molecule has 250 valence electrons. The van der Waals surface area contributed by atoms with Crippen LogP contribution in [-0.2, 0) is 12.8 Å². The number of rotatable bonds is 15. The maximum absolute atomic E-state index is 12.4. The standard InChI is InChI=1S/C34H60Br2O4Si4/c1-15-23-31(39-41(9,10)11)29(37)25(27(35)33(23)43(17-3,18-4)19-5)26-28(36)34(44(20-6,21-7)22-8)24(16-2)32(30(26)38)40-42(12,13)14/h37-38H,15-22H2,1-14H3. The van der Waals surface area contributed by atoms with Crippen molar-refractivity contribution in [1.29, 1.82) is 0 Å². The summed E-state index contributed by atoms with van der Waals surface area (Å²) in [7, 11) is -8.26. The predicted octanol–water partition coefficient (Wildman–Crippen LogP) is 11.3. The highest BCUT2D eigenvalue weighted by atomic mass is 79.9. The van der Waals surface area contributed by atoms with Crippen LogP contribution in [-0.4, -0.2) is 43.0 Å². The minimum Gasteiger partial charge on any atom is -0.542 e. The van der Waals surface area contributed by atoms with Crippen LogP contribution in [0.15, 0.2) is 8.95 Å². The molecule has 0 aromatic heterocycles. The smallest absolute Gasteiger partial charge is 0.242 e. The Morgan fingerprint density at radius 3 is 0.932 bits per heavy atom. The van der Waals surface area contributed by atoms with Crippen molar-refractivity contribution in [1.82, 2.24) is 0 Å². The molecule has 0 spiro atoms. The van der Waals surface area contributed by atoms with E-state index in [1.807, 2.05) is 0 Å². The van der Waals surface area contributed by atoms with Gasteiger partial charge in [0.05, 0.1) is 16.1 Å². The molecule has 0 amide bonds. The molecule has 2 rings (SSSR count). The molecule has 0 heterocycles. The van der Waals surface area contributed by atoms with E-state index in [2.05, 4.69) is 127 Å². The Bertz CT molecular complexity index is 1210. The van der Waals surface area contributed by atoms with Crippen molar-refractivity contribution in [3.63, 3.8) is 0 Å². The molecule has 4 nitrogen and oxygen atoms in total. The summed E-state index contributed by atoms with van der Waals surface area (Å²) in [5.41, 5.74) is 3.52. The Kier molecular flexibility index (Phi) is 13.6. The van der Waals surface area contributed by atoms with Crippen LogP contribution in [0.5, 0.6) is 23.0 Å². The van der Waals surface area contributed by atoms with Crippen LogP contribution in [0.2, 0.25) is 75.5 Å². The van der Waals surface area contributed by atoms with E-state index in [4.69, 9.17) is 8.85 Å². The molecule has 0 radical (unpaired) electrons. The molecular formula is C34H60Br2O4Si4. The first-order chi connectivity index (χ1) is 20.3. The van der Waals surface area contributed by atoms with Crippen LogP contribution in [0, 0.1) is 0 Å². The fraction of sp³-hybridized carbons (Fsp3) is 0.647. The summed E-state index contributed by atoms with van der Waals surface area (Å²) < 4.78 is 15.5. The molecular weight excluding hydrogens is 745 g/mol. The molecule has 0 atom stereocenters. The highest BCUT2D eigenvalue weighted by Gasteiger charge is 2.42. The predicted molar refractivity (Wildman–Crippen MR) is 211 cm³/mol. The van der Waals surface area contributed by atoms with Gasteiger partial charge in [0.2, 0.25) is 16.6 Å². The van der Waals surface area contributed by atoms with E-state index in [0.29, 0.717) is 22.6 Å². The topological polar surface area (TPSA) is 58.9 Å². The third kappa shape index (κ3) is 7.45. The van der Waals surface area contributed by atoms with Gasteiger partial charge in [0.1, 0.15) is 11.5 Å². The lowest BCUT2D eigenvalue weighted by Crippen LogP contribution is -2.49. The van der Waals surface area contributed by atoms with Crippen LogP contribution >= 0.6 is 31.9 Å².